The van der Waals surface area contributed by atoms with E-state index in [9.17, 15) is 0 Å². The summed E-state index contributed by atoms with van der Waals surface area (Å²) in [5.41, 5.74) is 0.916. The highest BCUT2D eigenvalue weighted by molar-refractivity contribution is 5.93. The second-order valence-electron chi connectivity index (χ2n) is 4.68. The van der Waals surface area contributed by atoms with Crippen molar-refractivity contribution in [1.29, 1.82) is 0 Å². The van der Waals surface area contributed by atoms with Gasteiger partial charge >= 0.3 is 0 Å². The van der Waals surface area contributed by atoms with Gasteiger partial charge in [0, 0.05) is 45.5 Å². The van der Waals surface area contributed by atoms with Crippen molar-refractivity contribution >= 4 is 11.6 Å². The average molecular weight is 293 g/mol. The zero-order valence-electron chi connectivity index (χ0n) is 12.6. The molecule has 0 aliphatic carbocycles. The van der Waals surface area contributed by atoms with Crippen molar-refractivity contribution in [3.63, 3.8) is 0 Å². The van der Waals surface area contributed by atoms with Crippen LogP contribution in [0.15, 0.2) is 23.2 Å². The van der Waals surface area contributed by atoms with Crippen LogP contribution in [0.4, 0.5) is 5.69 Å². The molecule has 1 aromatic rings. The van der Waals surface area contributed by atoms with Crippen LogP contribution >= 0.6 is 0 Å². The van der Waals surface area contributed by atoms with Crippen LogP contribution in [0.5, 0.6) is 11.5 Å². The van der Waals surface area contributed by atoms with Gasteiger partial charge in [-0.1, -0.05) is 0 Å². The molecule has 0 amide bonds. The van der Waals surface area contributed by atoms with Gasteiger partial charge in [0.1, 0.15) is 0 Å². The number of nitrogens with one attached hydrogen (secondary N) is 2. The molecule has 2 rings (SSSR count). The summed E-state index contributed by atoms with van der Waals surface area (Å²) in [7, 11) is 3.44. The van der Waals surface area contributed by atoms with Gasteiger partial charge in [0.05, 0.1) is 13.2 Å². The zero-order chi connectivity index (χ0) is 14.9. The minimum absolute atomic E-state index is 0.681. The number of fused-ring (bicyclic) bond motifs is 1. The third-order valence-electron chi connectivity index (χ3n) is 3.05. The quantitative estimate of drug-likeness (QED) is 0.493. The van der Waals surface area contributed by atoms with E-state index in [2.05, 4.69) is 15.6 Å². The summed E-state index contributed by atoms with van der Waals surface area (Å²) in [5, 5.41) is 6.47. The Hall–Kier alpha value is -1.95. The van der Waals surface area contributed by atoms with E-state index < -0.39 is 0 Å². The molecule has 1 aromatic carbocycles. The van der Waals surface area contributed by atoms with E-state index in [1.807, 2.05) is 18.2 Å². The molecule has 0 unspecified atom stereocenters. The number of hydrogen-bond acceptors (Lipinski definition) is 4. The van der Waals surface area contributed by atoms with Crippen LogP contribution in [-0.2, 0) is 4.74 Å². The van der Waals surface area contributed by atoms with E-state index in [0.29, 0.717) is 13.2 Å². The SMILES string of the molecule is CN=C(NCCCOC)Nc1ccc2c(c1)OCCCO2. The first-order valence-corrected chi connectivity index (χ1v) is 7.19. The van der Waals surface area contributed by atoms with Crippen LogP contribution in [0.1, 0.15) is 12.8 Å². The first kappa shape index (κ1) is 15.4. The molecule has 0 aromatic heterocycles. The first-order chi connectivity index (χ1) is 10.3. The second kappa shape index (κ2) is 8.36. The van der Waals surface area contributed by atoms with E-state index in [0.717, 1.165) is 49.1 Å². The molecule has 1 aliphatic rings. The Morgan fingerprint density at radius 3 is 2.86 bits per heavy atom. The van der Waals surface area contributed by atoms with Gasteiger partial charge in [-0.3, -0.25) is 4.99 Å². The highest BCUT2D eigenvalue weighted by Gasteiger charge is 2.11. The Labute approximate surface area is 125 Å². The summed E-state index contributed by atoms with van der Waals surface area (Å²) >= 11 is 0. The van der Waals surface area contributed by atoms with Gasteiger partial charge < -0.3 is 24.8 Å². The van der Waals surface area contributed by atoms with Gasteiger partial charge in [-0.05, 0) is 18.6 Å². The third kappa shape index (κ3) is 4.82. The molecule has 0 saturated carbocycles. The summed E-state index contributed by atoms with van der Waals surface area (Å²) in [5.74, 6) is 2.29. The minimum atomic E-state index is 0.681. The van der Waals surface area contributed by atoms with E-state index in [1.165, 1.54) is 0 Å². The Morgan fingerprint density at radius 2 is 2.10 bits per heavy atom. The highest BCUT2D eigenvalue weighted by Crippen LogP contribution is 2.32. The van der Waals surface area contributed by atoms with Crippen molar-refractivity contribution in [3.05, 3.63) is 18.2 Å². The molecule has 0 bridgehead atoms. The Kier molecular flexibility index (Phi) is 6.15. The van der Waals surface area contributed by atoms with Gasteiger partial charge in [-0.2, -0.15) is 0 Å². The molecule has 1 heterocycles. The van der Waals surface area contributed by atoms with Gasteiger partial charge in [0.25, 0.3) is 0 Å². The van der Waals surface area contributed by atoms with Crippen LogP contribution < -0.4 is 20.1 Å². The predicted octanol–water partition coefficient (Wildman–Crippen LogP) is 1.87. The summed E-state index contributed by atoms with van der Waals surface area (Å²) < 4.78 is 16.3. The molecule has 0 saturated heterocycles. The summed E-state index contributed by atoms with van der Waals surface area (Å²) in [6.07, 6.45) is 1.83. The monoisotopic (exact) mass is 293 g/mol. The smallest absolute Gasteiger partial charge is 0.195 e. The molecule has 0 radical (unpaired) electrons. The van der Waals surface area contributed by atoms with E-state index >= 15 is 0 Å². The van der Waals surface area contributed by atoms with Crippen molar-refractivity contribution in [1.82, 2.24) is 5.32 Å². The van der Waals surface area contributed by atoms with Crippen molar-refractivity contribution in [3.8, 4) is 11.5 Å². The number of aliphatic imine (C=N–C) groups is 1. The fourth-order valence-electron chi connectivity index (χ4n) is 1.98. The molecular weight excluding hydrogens is 270 g/mol. The maximum atomic E-state index is 5.68. The fourth-order valence-corrected chi connectivity index (χ4v) is 1.98. The van der Waals surface area contributed by atoms with Crippen LogP contribution in [0.2, 0.25) is 0 Å². The van der Waals surface area contributed by atoms with E-state index in [1.54, 1.807) is 14.2 Å². The molecular formula is C15H23N3O3. The summed E-state index contributed by atoms with van der Waals surface area (Å²) in [6.45, 7) is 2.91. The normalized spacial score (nSPS) is 14.5. The molecule has 6 heteroatoms. The van der Waals surface area contributed by atoms with Crippen LogP contribution in [0.3, 0.4) is 0 Å². The molecule has 21 heavy (non-hydrogen) atoms. The van der Waals surface area contributed by atoms with Gasteiger partial charge in [0.15, 0.2) is 17.5 Å². The van der Waals surface area contributed by atoms with Crippen molar-refractivity contribution < 1.29 is 14.2 Å². The number of guanidine groups is 1. The average Bonchev–Trinajstić information content (AvgIpc) is 2.75. The molecule has 0 fully saturated rings. The van der Waals surface area contributed by atoms with Crippen LogP contribution in [0, 0.1) is 0 Å². The Balaban J connectivity index is 1.93. The maximum absolute atomic E-state index is 5.68. The molecule has 1 aliphatic heterocycles. The predicted molar refractivity (Wildman–Crippen MR) is 83.5 cm³/mol. The van der Waals surface area contributed by atoms with Gasteiger partial charge in [0.2, 0.25) is 0 Å². The summed E-state index contributed by atoms with van der Waals surface area (Å²) in [4.78, 5) is 4.19. The molecule has 0 atom stereocenters. The highest BCUT2D eigenvalue weighted by atomic mass is 16.5. The number of methoxy groups -OCH3 is 1. The minimum Gasteiger partial charge on any atom is -0.490 e. The fraction of sp³-hybridized carbons (Fsp3) is 0.533. The lowest BCUT2D eigenvalue weighted by Gasteiger charge is -2.13. The van der Waals surface area contributed by atoms with Gasteiger partial charge in [-0.25, -0.2) is 0 Å². The number of ether oxygens (including phenoxy) is 3. The van der Waals surface area contributed by atoms with Crippen LogP contribution in [-0.4, -0.2) is 46.5 Å². The van der Waals surface area contributed by atoms with E-state index in [4.69, 9.17) is 14.2 Å². The van der Waals surface area contributed by atoms with Crippen molar-refractivity contribution in [2.45, 2.75) is 12.8 Å². The lowest BCUT2D eigenvalue weighted by atomic mass is 10.3. The number of rotatable bonds is 5. The topological polar surface area (TPSA) is 64.1 Å². The number of benzene rings is 1. The first-order valence-electron chi connectivity index (χ1n) is 7.19. The molecule has 6 nitrogen and oxygen atoms in total. The largest absolute Gasteiger partial charge is 0.490 e. The number of hydrogen-bond donors (Lipinski definition) is 2. The van der Waals surface area contributed by atoms with Crippen LogP contribution in [0.25, 0.3) is 0 Å². The second-order valence-corrected chi connectivity index (χ2v) is 4.68. The van der Waals surface area contributed by atoms with Crippen molar-refractivity contribution in [2.24, 2.45) is 4.99 Å². The number of nitrogens with zero attached hydrogens (tertiary/aromatic N) is 1. The Morgan fingerprint density at radius 1 is 1.29 bits per heavy atom. The van der Waals surface area contributed by atoms with Gasteiger partial charge in [-0.15, -0.1) is 0 Å². The molecule has 116 valence electrons. The molecule has 2 N–H and O–H groups in total. The third-order valence-corrected chi connectivity index (χ3v) is 3.05. The van der Waals surface area contributed by atoms with Crippen molar-refractivity contribution in [2.75, 3.05) is 45.8 Å². The maximum Gasteiger partial charge on any atom is 0.195 e. The van der Waals surface area contributed by atoms with E-state index in [-0.39, 0.29) is 0 Å². The lowest BCUT2D eigenvalue weighted by molar-refractivity contribution is 0.195. The summed E-state index contributed by atoms with van der Waals surface area (Å²) in [6, 6.07) is 5.80. The standard InChI is InChI=1S/C15H23N3O3/c1-16-15(17-7-3-8-19-2)18-12-5-6-13-14(11-12)21-10-4-9-20-13/h5-6,11H,3-4,7-10H2,1-2H3,(H2,16,17,18). The zero-order valence-corrected chi connectivity index (χ0v) is 12.6. The lowest BCUT2D eigenvalue weighted by Crippen LogP contribution is -2.31. The number of anilines is 1. The Bertz CT molecular complexity index is 477. The molecule has 0 spiro atoms.